The van der Waals surface area contributed by atoms with Crippen LogP contribution in [-0.2, 0) is 32.0 Å². The van der Waals surface area contributed by atoms with Gasteiger partial charge in [0.2, 0.25) is 0 Å². The van der Waals surface area contributed by atoms with Crippen molar-refractivity contribution in [2.75, 3.05) is 6.54 Å². The van der Waals surface area contributed by atoms with Crippen molar-refractivity contribution in [2.24, 2.45) is 0 Å². The molecular weight excluding hydrogens is 476 g/mol. The van der Waals surface area contributed by atoms with Gasteiger partial charge in [0.05, 0.1) is 0 Å². The van der Waals surface area contributed by atoms with Gasteiger partial charge in [-0.25, -0.2) is 4.79 Å². The van der Waals surface area contributed by atoms with Crippen molar-refractivity contribution in [1.82, 2.24) is 10.2 Å². The topological polar surface area (TPSA) is 75.7 Å². The molecule has 0 spiro atoms. The van der Waals surface area contributed by atoms with Crippen molar-refractivity contribution in [1.29, 1.82) is 0 Å². The van der Waals surface area contributed by atoms with Crippen LogP contribution in [0.3, 0.4) is 0 Å². The van der Waals surface area contributed by atoms with Crippen LogP contribution in [0.15, 0.2) is 72.8 Å². The smallest absolute Gasteiger partial charge is 0.329 e. The quantitative estimate of drug-likeness (QED) is 0.232. The van der Waals surface area contributed by atoms with Crippen LogP contribution in [0.25, 0.3) is 0 Å². The second kappa shape index (κ2) is 14.5. The zero-order valence-corrected chi connectivity index (χ0v) is 23.0. The van der Waals surface area contributed by atoms with Crippen LogP contribution in [0.2, 0.25) is 0 Å². The van der Waals surface area contributed by atoms with Gasteiger partial charge in [-0.1, -0.05) is 79.7 Å². The molecule has 2 amide bonds. The van der Waals surface area contributed by atoms with Gasteiger partial charge < -0.3 is 15.0 Å². The first-order valence-electron chi connectivity index (χ1n) is 13.9. The Morgan fingerprint density at radius 2 is 1.47 bits per heavy atom. The number of aryl methyl sites for hydroxylation is 2. The van der Waals surface area contributed by atoms with Crippen molar-refractivity contribution >= 4 is 17.8 Å². The lowest BCUT2D eigenvalue weighted by molar-refractivity contribution is -0.162. The van der Waals surface area contributed by atoms with Gasteiger partial charge in [-0.15, -0.1) is 0 Å². The monoisotopic (exact) mass is 518 g/mol. The molecule has 3 rings (SSSR count). The Balaban J connectivity index is 1.63. The minimum atomic E-state index is -0.797. The summed E-state index contributed by atoms with van der Waals surface area (Å²) in [5.41, 5.74) is 2.02. The summed E-state index contributed by atoms with van der Waals surface area (Å²) in [5.74, 6) is -1.82. The molecule has 0 aromatic heterocycles. The second-order valence-corrected chi connectivity index (χ2v) is 10.7. The standard InChI is InChI=1S/C32H42N2O4/c1-4-32(2,3)33-29(35)30(36)34-24-12-11-23-28(34)31(37)38-27(21-13-19-25-15-7-5-8-16-25)22-14-20-26-17-9-6-10-18-26/h5-12,15-18,27-28H,4,13-14,19-24H2,1-3H3,(H,33,35)/t28-/m0/s1. The summed E-state index contributed by atoms with van der Waals surface area (Å²) in [5, 5.41) is 2.78. The Morgan fingerprint density at radius 1 is 0.921 bits per heavy atom. The SMILES string of the molecule is CCC(C)(C)NC(=O)C(=O)N1CC=CC[C@H]1C(=O)OC(CCCc1ccccc1)CCCc1ccccc1. The molecular formula is C32H42N2O4. The highest BCUT2D eigenvalue weighted by atomic mass is 16.5. The van der Waals surface area contributed by atoms with Gasteiger partial charge in [0.15, 0.2) is 0 Å². The van der Waals surface area contributed by atoms with E-state index in [0.29, 0.717) is 12.8 Å². The van der Waals surface area contributed by atoms with E-state index in [1.807, 2.05) is 69.3 Å². The molecule has 1 N–H and O–H groups in total. The van der Waals surface area contributed by atoms with Gasteiger partial charge in [0.25, 0.3) is 0 Å². The molecule has 1 heterocycles. The van der Waals surface area contributed by atoms with E-state index in [1.165, 1.54) is 16.0 Å². The van der Waals surface area contributed by atoms with Gasteiger partial charge in [0, 0.05) is 12.1 Å². The van der Waals surface area contributed by atoms with Crippen molar-refractivity contribution < 1.29 is 19.1 Å². The molecule has 2 aromatic carbocycles. The molecule has 2 aromatic rings. The fourth-order valence-corrected chi connectivity index (χ4v) is 4.56. The molecule has 0 bridgehead atoms. The molecule has 6 heteroatoms. The maximum absolute atomic E-state index is 13.4. The zero-order valence-electron chi connectivity index (χ0n) is 23.0. The van der Waals surface area contributed by atoms with Gasteiger partial charge >= 0.3 is 17.8 Å². The number of carbonyl (C=O) groups is 3. The molecule has 1 atom stereocenters. The lowest BCUT2D eigenvalue weighted by atomic mass is 10.0. The van der Waals surface area contributed by atoms with E-state index >= 15 is 0 Å². The number of amides is 2. The summed E-state index contributed by atoms with van der Waals surface area (Å²) in [4.78, 5) is 40.4. The Morgan fingerprint density at radius 3 is 2.00 bits per heavy atom. The third-order valence-electron chi connectivity index (χ3n) is 7.22. The summed E-state index contributed by atoms with van der Waals surface area (Å²) in [7, 11) is 0. The molecule has 38 heavy (non-hydrogen) atoms. The van der Waals surface area contributed by atoms with E-state index < -0.39 is 29.4 Å². The fourth-order valence-electron chi connectivity index (χ4n) is 4.56. The van der Waals surface area contributed by atoms with Crippen molar-refractivity contribution in [3.05, 3.63) is 83.9 Å². The number of nitrogens with one attached hydrogen (secondary N) is 1. The summed E-state index contributed by atoms with van der Waals surface area (Å²) < 4.78 is 6.05. The number of rotatable bonds is 12. The molecule has 1 aliphatic heterocycles. The van der Waals surface area contributed by atoms with Crippen LogP contribution in [-0.4, -0.2) is 46.9 Å². The second-order valence-electron chi connectivity index (χ2n) is 10.7. The van der Waals surface area contributed by atoms with Crippen LogP contribution in [0.1, 0.15) is 70.4 Å². The van der Waals surface area contributed by atoms with Gasteiger partial charge in [-0.3, -0.25) is 9.59 Å². The number of hydrogen-bond donors (Lipinski definition) is 1. The van der Waals surface area contributed by atoms with Gasteiger partial charge in [-0.05, 0) is 76.3 Å². The van der Waals surface area contributed by atoms with Crippen LogP contribution in [0.5, 0.6) is 0 Å². The van der Waals surface area contributed by atoms with E-state index in [4.69, 9.17) is 4.74 Å². The third-order valence-corrected chi connectivity index (χ3v) is 7.22. The van der Waals surface area contributed by atoms with Crippen LogP contribution in [0.4, 0.5) is 0 Å². The highest BCUT2D eigenvalue weighted by Gasteiger charge is 2.36. The Labute approximate surface area is 227 Å². The lowest BCUT2D eigenvalue weighted by Crippen LogP contribution is -2.55. The molecule has 204 valence electrons. The van der Waals surface area contributed by atoms with Crippen LogP contribution in [0, 0.1) is 0 Å². The number of esters is 1. The first-order chi connectivity index (χ1) is 18.3. The first-order valence-corrected chi connectivity index (χ1v) is 13.9. The molecule has 0 radical (unpaired) electrons. The highest BCUT2D eigenvalue weighted by molar-refractivity contribution is 6.35. The Hall–Kier alpha value is -3.41. The van der Waals surface area contributed by atoms with Crippen molar-refractivity contribution in [2.45, 2.75) is 89.8 Å². The normalized spacial score (nSPS) is 15.4. The van der Waals surface area contributed by atoms with E-state index in [2.05, 4.69) is 29.6 Å². The minimum Gasteiger partial charge on any atom is -0.461 e. The summed E-state index contributed by atoms with van der Waals surface area (Å²) in [6.45, 7) is 5.90. The molecule has 0 aliphatic carbocycles. The maximum atomic E-state index is 13.4. The van der Waals surface area contributed by atoms with E-state index in [0.717, 1.165) is 38.5 Å². The Kier molecular flexibility index (Phi) is 11.1. The van der Waals surface area contributed by atoms with Crippen LogP contribution >= 0.6 is 0 Å². The predicted molar refractivity (Wildman–Crippen MR) is 150 cm³/mol. The van der Waals surface area contributed by atoms with E-state index in [9.17, 15) is 14.4 Å². The summed E-state index contributed by atoms with van der Waals surface area (Å²) >= 11 is 0. The number of benzene rings is 2. The number of hydrogen-bond acceptors (Lipinski definition) is 4. The maximum Gasteiger partial charge on any atom is 0.329 e. The molecule has 0 unspecified atom stereocenters. The number of carbonyl (C=O) groups excluding carboxylic acids is 3. The number of ether oxygens (including phenoxy) is 1. The average Bonchev–Trinajstić information content (AvgIpc) is 2.93. The summed E-state index contributed by atoms with van der Waals surface area (Å²) in [6, 6.07) is 19.8. The third kappa shape index (κ3) is 9.16. The first kappa shape index (κ1) is 29.2. The average molecular weight is 519 g/mol. The highest BCUT2D eigenvalue weighted by Crippen LogP contribution is 2.20. The summed E-state index contributed by atoms with van der Waals surface area (Å²) in [6.07, 6.45) is 9.60. The molecule has 0 fully saturated rings. The van der Waals surface area contributed by atoms with E-state index in [1.54, 1.807) is 0 Å². The molecule has 0 saturated heterocycles. The molecule has 1 aliphatic rings. The molecule has 0 saturated carbocycles. The largest absolute Gasteiger partial charge is 0.461 e. The number of nitrogens with zero attached hydrogens (tertiary/aromatic N) is 1. The van der Waals surface area contributed by atoms with Gasteiger partial charge in [-0.2, -0.15) is 0 Å². The lowest BCUT2D eigenvalue weighted by Gasteiger charge is -2.33. The minimum absolute atomic E-state index is 0.214. The van der Waals surface area contributed by atoms with Crippen molar-refractivity contribution in [3.63, 3.8) is 0 Å². The molecule has 6 nitrogen and oxygen atoms in total. The fraction of sp³-hybridized carbons (Fsp3) is 0.469. The zero-order chi connectivity index (χ0) is 27.4. The van der Waals surface area contributed by atoms with Crippen molar-refractivity contribution in [3.8, 4) is 0 Å². The van der Waals surface area contributed by atoms with Crippen LogP contribution < -0.4 is 5.32 Å². The van der Waals surface area contributed by atoms with Gasteiger partial charge in [0.1, 0.15) is 12.1 Å². The van der Waals surface area contributed by atoms with E-state index in [-0.39, 0.29) is 12.6 Å². The predicted octanol–water partition coefficient (Wildman–Crippen LogP) is 5.41. The Bertz CT molecular complexity index is 1020.